The van der Waals surface area contributed by atoms with Crippen LogP contribution in [0, 0.1) is 0 Å². The SMILES string of the molecule is CCc1nc2cc(Br)cnc2n1CCCC(=O)O. The maximum atomic E-state index is 10.5. The molecule has 96 valence electrons. The molecule has 6 heteroatoms. The van der Waals surface area contributed by atoms with E-state index in [2.05, 4.69) is 25.9 Å². The first-order valence-electron chi connectivity index (χ1n) is 5.84. The van der Waals surface area contributed by atoms with Crippen LogP contribution in [-0.4, -0.2) is 25.6 Å². The molecular weight excluding hydrogens is 298 g/mol. The zero-order chi connectivity index (χ0) is 13.1. The monoisotopic (exact) mass is 311 g/mol. The quantitative estimate of drug-likeness (QED) is 0.921. The molecule has 0 fully saturated rings. The summed E-state index contributed by atoms with van der Waals surface area (Å²) < 4.78 is 2.90. The van der Waals surface area contributed by atoms with Gasteiger partial charge in [-0.1, -0.05) is 6.92 Å². The van der Waals surface area contributed by atoms with Crippen LogP contribution in [0.5, 0.6) is 0 Å². The smallest absolute Gasteiger partial charge is 0.303 e. The third kappa shape index (κ3) is 2.69. The van der Waals surface area contributed by atoms with E-state index in [9.17, 15) is 4.79 Å². The number of fused-ring (bicyclic) bond motifs is 1. The summed E-state index contributed by atoms with van der Waals surface area (Å²) in [6, 6.07) is 1.93. The molecule has 18 heavy (non-hydrogen) atoms. The maximum absolute atomic E-state index is 10.5. The van der Waals surface area contributed by atoms with Gasteiger partial charge in [0.15, 0.2) is 5.65 Å². The predicted octanol–water partition coefficient (Wildman–Crippen LogP) is 2.62. The number of rotatable bonds is 5. The fourth-order valence-corrected chi connectivity index (χ4v) is 2.25. The lowest BCUT2D eigenvalue weighted by atomic mass is 10.3. The van der Waals surface area contributed by atoms with Gasteiger partial charge in [-0.3, -0.25) is 4.79 Å². The van der Waals surface area contributed by atoms with Crippen molar-refractivity contribution in [3.63, 3.8) is 0 Å². The number of aliphatic carboxylic acids is 1. The molecule has 2 aromatic rings. The Bertz CT molecular complexity index is 580. The molecular formula is C12H14BrN3O2. The van der Waals surface area contributed by atoms with Crippen molar-refractivity contribution in [1.82, 2.24) is 14.5 Å². The minimum atomic E-state index is -0.770. The third-order valence-electron chi connectivity index (χ3n) is 2.72. The first kappa shape index (κ1) is 13.0. The Kier molecular flexibility index (Phi) is 3.96. The van der Waals surface area contributed by atoms with Crippen molar-refractivity contribution in [2.24, 2.45) is 0 Å². The van der Waals surface area contributed by atoms with Gasteiger partial charge >= 0.3 is 5.97 Å². The molecule has 2 aromatic heterocycles. The molecule has 0 unspecified atom stereocenters. The number of carboxylic acids is 1. The molecule has 0 bridgehead atoms. The van der Waals surface area contributed by atoms with Gasteiger partial charge in [0.2, 0.25) is 0 Å². The molecule has 0 aliphatic carbocycles. The van der Waals surface area contributed by atoms with Crippen LogP contribution in [0.15, 0.2) is 16.7 Å². The summed E-state index contributed by atoms with van der Waals surface area (Å²) in [7, 11) is 0. The van der Waals surface area contributed by atoms with Crippen LogP contribution in [0.25, 0.3) is 11.2 Å². The van der Waals surface area contributed by atoms with E-state index >= 15 is 0 Å². The molecule has 0 aliphatic heterocycles. The van der Waals surface area contributed by atoms with Gasteiger partial charge in [0.25, 0.3) is 0 Å². The number of aromatic nitrogens is 3. The first-order valence-corrected chi connectivity index (χ1v) is 6.63. The fraction of sp³-hybridized carbons (Fsp3) is 0.417. The van der Waals surface area contributed by atoms with Gasteiger partial charge in [-0.15, -0.1) is 0 Å². The molecule has 0 atom stereocenters. The van der Waals surface area contributed by atoms with Crippen LogP contribution in [0.1, 0.15) is 25.6 Å². The summed E-state index contributed by atoms with van der Waals surface area (Å²) in [5, 5.41) is 8.67. The number of carbonyl (C=O) groups is 1. The molecule has 0 spiro atoms. The number of carboxylic acid groups (broad SMARTS) is 1. The van der Waals surface area contributed by atoms with E-state index in [0.29, 0.717) is 13.0 Å². The van der Waals surface area contributed by atoms with Crippen LogP contribution in [-0.2, 0) is 17.8 Å². The Morgan fingerprint density at radius 2 is 2.33 bits per heavy atom. The second-order valence-corrected chi connectivity index (χ2v) is 4.94. The molecule has 0 aliphatic rings. The minimum Gasteiger partial charge on any atom is -0.481 e. The number of nitrogens with zero attached hydrogens (tertiary/aromatic N) is 3. The van der Waals surface area contributed by atoms with Gasteiger partial charge in [-0.2, -0.15) is 0 Å². The standard InChI is InChI=1S/C12H14BrN3O2/c1-2-10-15-9-6-8(13)7-14-12(9)16(10)5-3-4-11(17)18/h6-7H,2-5H2,1H3,(H,17,18). The lowest BCUT2D eigenvalue weighted by Gasteiger charge is -2.05. The zero-order valence-electron chi connectivity index (χ0n) is 10.1. The van der Waals surface area contributed by atoms with E-state index < -0.39 is 5.97 Å². The van der Waals surface area contributed by atoms with Gasteiger partial charge in [0, 0.05) is 30.1 Å². The second-order valence-electron chi connectivity index (χ2n) is 4.03. The molecule has 1 N–H and O–H groups in total. The van der Waals surface area contributed by atoms with Gasteiger partial charge in [-0.25, -0.2) is 9.97 Å². The van der Waals surface area contributed by atoms with Crippen LogP contribution < -0.4 is 0 Å². The highest BCUT2D eigenvalue weighted by atomic mass is 79.9. The highest BCUT2D eigenvalue weighted by Gasteiger charge is 2.11. The van der Waals surface area contributed by atoms with Crippen molar-refractivity contribution in [2.45, 2.75) is 32.7 Å². The zero-order valence-corrected chi connectivity index (χ0v) is 11.6. The van der Waals surface area contributed by atoms with E-state index in [1.165, 1.54) is 0 Å². The van der Waals surface area contributed by atoms with E-state index in [-0.39, 0.29) is 6.42 Å². The van der Waals surface area contributed by atoms with Gasteiger partial charge in [0.05, 0.1) is 0 Å². The van der Waals surface area contributed by atoms with Crippen molar-refractivity contribution < 1.29 is 9.90 Å². The van der Waals surface area contributed by atoms with Crippen LogP contribution in [0.2, 0.25) is 0 Å². The Morgan fingerprint density at radius 1 is 1.56 bits per heavy atom. The van der Waals surface area contributed by atoms with E-state index in [1.807, 2.05) is 17.6 Å². The molecule has 5 nitrogen and oxygen atoms in total. The van der Waals surface area contributed by atoms with Crippen molar-refractivity contribution in [3.05, 3.63) is 22.6 Å². The predicted molar refractivity (Wildman–Crippen MR) is 71.5 cm³/mol. The van der Waals surface area contributed by atoms with Crippen molar-refractivity contribution in [2.75, 3.05) is 0 Å². The maximum Gasteiger partial charge on any atom is 0.303 e. The van der Waals surface area contributed by atoms with Crippen molar-refractivity contribution in [3.8, 4) is 0 Å². The van der Waals surface area contributed by atoms with Gasteiger partial charge in [0.1, 0.15) is 11.3 Å². The van der Waals surface area contributed by atoms with Crippen LogP contribution in [0.4, 0.5) is 0 Å². The molecule has 0 amide bonds. The number of aryl methyl sites for hydroxylation is 2. The third-order valence-corrected chi connectivity index (χ3v) is 3.15. The van der Waals surface area contributed by atoms with Gasteiger partial charge in [-0.05, 0) is 28.4 Å². The highest BCUT2D eigenvalue weighted by Crippen LogP contribution is 2.19. The topological polar surface area (TPSA) is 68.0 Å². The largest absolute Gasteiger partial charge is 0.481 e. The molecule has 2 heterocycles. The summed E-state index contributed by atoms with van der Waals surface area (Å²) >= 11 is 3.37. The second kappa shape index (κ2) is 5.48. The van der Waals surface area contributed by atoms with E-state index in [4.69, 9.17) is 5.11 Å². The summed E-state index contributed by atoms with van der Waals surface area (Å²) in [4.78, 5) is 19.4. The molecule has 0 saturated carbocycles. The summed E-state index contributed by atoms with van der Waals surface area (Å²) in [6.07, 6.45) is 3.29. The lowest BCUT2D eigenvalue weighted by molar-refractivity contribution is -0.137. The average molecular weight is 312 g/mol. The Balaban J connectivity index is 2.31. The Labute approximate surface area is 113 Å². The fourth-order valence-electron chi connectivity index (χ4n) is 1.93. The Hall–Kier alpha value is -1.43. The van der Waals surface area contributed by atoms with Crippen LogP contribution >= 0.6 is 15.9 Å². The number of pyridine rings is 1. The highest BCUT2D eigenvalue weighted by molar-refractivity contribution is 9.10. The first-order chi connectivity index (χ1) is 8.61. The lowest BCUT2D eigenvalue weighted by Crippen LogP contribution is -2.06. The van der Waals surface area contributed by atoms with E-state index in [1.54, 1.807) is 6.20 Å². The van der Waals surface area contributed by atoms with Crippen molar-refractivity contribution in [1.29, 1.82) is 0 Å². The van der Waals surface area contributed by atoms with Crippen molar-refractivity contribution >= 4 is 33.1 Å². The molecule has 0 aromatic carbocycles. The average Bonchev–Trinajstić information content (AvgIpc) is 2.66. The number of hydrogen-bond acceptors (Lipinski definition) is 3. The summed E-state index contributed by atoms with van der Waals surface area (Å²) in [5.41, 5.74) is 1.66. The minimum absolute atomic E-state index is 0.166. The van der Waals surface area contributed by atoms with E-state index in [0.717, 1.165) is 27.9 Å². The summed E-state index contributed by atoms with van der Waals surface area (Å²) in [6.45, 7) is 2.67. The summed E-state index contributed by atoms with van der Waals surface area (Å²) in [5.74, 6) is 0.175. The number of hydrogen-bond donors (Lipinski definition) is 1. The number of imidazole rings is 1. The normalized spacial score (nSPS) is 11.0. The van der Waals surface area contributed by atoms with Gasteiger partial charge < -0.3 is 9.67 Å². The molecule has 0 saturated heterocycles. The Morgan fingerprint density at radius 3 is 3.00 bits per heavy atom. The molecule has 0 radical (unpaired) electrons. The molecule has 2 rings (SSSR count). The van der Waals surface area contributed by atoms with Crippen LogP contribution in [0.3, 0.4) is 0 Å². The number of halogens is 1.